The predicted molar refractivity (Wildman–Crippen MR) is 101 cm³/mol. The Kier molecular flexibility index (Phi) is 5.08. The molecule has 6 heteroatoms. The maximum atomic E-state index is 11.9. The molecular formula is C19H21N3O2S. The fraction of sp³-hybridized carbons (Fsp3) is 0.316. The number of hydrogen-bond donors (Lipinski definition) is 0. The molecule has 2 aromatic heterocycles. The largest absolute Gasteiger partial charge is 0.423 e. The summed E-state index contributed by atoms with van der Waals surface area (Å²) in [6.07, 6.45) is 3.49. The van der Waals surface area contributed by atoms with Crippen LogP contribution in [0.1, 0.15) is 36.5 Å². The van der Waals surface area contributed by atoms with Gasteiger partial charge in [0.05, 0.1) is 0 Å². The fourth-order valence-electron chi connectivity index (χ4n) is 2.90. The first kappa shape index (κ1) is 17.5. The highest BCUT2D eigenvalue weighted by atomic mass is 32.2. The number of aryl methyl sites for hydroxylation is 1. The summed E-state index contributed by atoms with van der Waals surface area (Å²) in [5.74, 6) is 1.03. The van der Waals surface area contributed by atoms with E-state index in [4.69, 9.17) is 4.42 Å². The standard InChI is InChI=1S/C19H21N3O2S/c1-5-6-22-11-20-21-19(22)25-10-14-8-18(23)24-17-7-13(4)15(12(2)3)9-16(14)17/h5,7-9,11-12H,1,6,10H2,2-4H3. The number of aromatic nitrogens is 3. The van der Waals surface area contributed by atoms with Gasteiger partial charge in [0.2, 0.25) is 0 Å². The summed E-state index contributed by atoms with van der Waals surface area (Å²) < 4.78 is 7.33. The molecule has 2 heterocycles. The Morgan fingerprint density at radius 2 is 2.16 bits per heavy atom. The second-order valence-corrected chi connectivity index (χ2v) is 7.24. The Hall–Kier alpha value is -2.34. The number of nitrogens with zero attached hydrogens (tertiary/aromatic N) is 3. The molecule has 0 fully saturated rings. The van der Waals surface area contributed by atoms with Crippen molar-refractivity contribution in [3.63, 3.8) is 0 Å². The van der Waals surface area contributed by atoms with Crippen LogP contribution in [0.3, 0.4) is 0 Å². The van der Waals surface area contributed by atoms with Gasteiger partial charge in [0.1, 0.15) is 11.9 Å². The van der Waals surface area contributed by atoms with Crippen LogP contribution in [0.2, 0.25) is 0 Å². The summed E-state index contributed by atoms with van der Waals surface area (Å²) in [7, 11) is 0. The van der Waals surface area contributed by atoms with Crippen LogP contribution in [-0.4, -0.2) is 14.8 Å². The zero-order chi connectivity index (χ0) is 18.0. The number of hydrogen-bond acceptors (Lipinski definition) is 5. The minimum absolute atomic E-state index is 0.327. The SMILES string of the molecule is C=CCn1cnnc1SCc1cc(=O)oc2cc(C)c(C(C)C)cc12. The molecule has 3 aromatic rings. The van der Waals surface area contributed by atoms with Crippen LogP contribution in [0.4, 0.5) is 0 Å². The summed E-state index contributed by atoms with van der Waals surface area (Å²) in [6, 6.07) is 5.67. The summed E-state index contributed by atoms with van der Waals surface area (Å²) in [5, 5.41) is 9.87. The third kappa shape index (κ3) is 3.69. The van der Waals surface area contributed by atoms with E-state index >= 15 is 0 Å². The first-order valence-electron chi connectivity index (χ1n) is 8.18. The van der Waals surface area contributed by atoms with Gasteiger partial charge >= 0.3 is 5.63 Å². The molecule has 0 radical (unpaired) electrons. The smallest absolute Gasteiger partial charge is 0.336 e. The maximum absolute atomic E-state index is 11.9. The van der Waals surface area contributed by atoms with Gasteiger partial charge in [-0.1, -0.05) is 31.7 Å². The van der Waals surface area contributed by atoms with E-state index in [9.17, 15) is 4.79 Å². The van der Waals surface area contributed by atoms with Crippen molar-refractivity contribution in [2.75, 3.05) is 0 Å². The van der Waals surface area contributed by atoms with Crippen LogP contribution in [0.15, 0.2) is 51.5 Å². The lowest BCUT2D eigenvalue weighted by molar-refractivity contribution is 0.559. The van der Waals surface area contributed by atoms with Gasteiger partial charge in [-0.05, 0) is 41.7 Å². The average Bonchev–Trinajstić information content (AvgIpc) is 2.99. The third-order valence-corrected chi connectivity index (χ3v) is 5.13. The normalized spacial score (nSPS) is 11.4. The molecule has 3 rings (SSSR count). The van der Waals surface area contributed by atoms with Crippen molar-refractivity contribution < 1.29 is 4.42 Å². The van der Waals surface area contributed by atoms with E-state index in [2.05, 4.69) is 36.7 Å². The van der Waals surface area contributed by atoms with Crippen molar-refractivity contribution in [1.29, 1.82) is 0 Å². The second-order valence-electron chi connectivity index (χ2n) is 6.29. The molecule has 0 aliphatic carbocycles. The Morgan fingerprint density at radius 1 is 1.36 bits per heavy atom. The van der Waals surface area contributed by atoms with Crippen LogP contribution in [0, 0.1) is 6.92 Å². The van der Waals surface area contributed by atoms with Crippen molar-refractivity contribution in [1.82, 2.24) is 14.8 Å². The van der Waals surface area contributed by atoms with Gasteiger partial charge in [0.25, 0.3) is 0 Å². The van der Waals surface area contributed by atoms with E-state index in [0.717, 1.165) is 21.7 Å². The zero-order valence-corrected chi connectivity index (χ0v) is 15.5. The van der Waals surface area contributed by atoms with Crippen LogP contribution >= 0.6 is 11.8 Å². The highest BCUT2D eigenvalue weighted by molar-refractivity contribution is 7.98. The Balaban J connectivity index is 2.00. The molecule has 0 amide bonds. The van der Waals surface area contributed by atoms with Crippen LogP contribution in [0.25, 0.3) is 11.0 Å². The van der Waals surface area contributed by atoms with Gasteiger partial charge in [-0.25, -0.2) is 4.79 Å². The van der Waals surface area contributed by atoms with E-state index < -0.39 is 0 Å². The molecule has 0 aliphatic heterocycles. The summed E-state index contributed by atoms with van der Waals surface area (Å²) in [5.41, 5.74) is 3.67. The molecule has 25 heavy (non-hydrogen) atoms. The third-order valence-electron chi connectivity index (χ3n) is 4.10. The van der Waals surface area contributed by atoms with Gasteiger partial charge in [-0.15, -0.1) is 16.8 Å². The number of thioether (sulfide) groups is 1. The van der Waals surface area contributed by atoms with Crippen LogP contribution < -0.4 is 5.63 Å². The first-order chi connectivity index (χ1) is 12.0. The molecule has 0 spiro atoms. The molecule has 1 aromatic carbocycles. The molecule has 0 aliphatic rings. The van der Waals surface area contributed by atoms with Gasteiger partial charge in [-0.2, -0.15) is 0 Å². The predicted octanol–water partition coefficient (Wildman–Crippen LogP) is 4.29. The molecule has 0 unspecified atom stereocenters. The van der Waals surface area contributed by atoms with Crippen molar-refractivity contribution in [3.05, 3.63) is 64.3 Å². The van der Waals surface area contributed by atoms with Crippen molar-refractivity contribution >= 4 is 22.7 Å². The zero-order valence-electron chi connectivity index (χ0n) is 14.7. The second kappa shape index (κ2) is 7.27. The van der Waals surface area contributed by atoms with Gasteiger partial charge < -0.3 is 8.98 Å². The number of fused-ring (bicyclic) bond motifs is 1. The van der Waals surface area contributed by atoms with Crippen molar-refractivity contribution in [3.8, 4) is 0 Å². The highest BCUT2D eigenvalue weighted by Crippen LogP contribution is 2.29. The average molecular weight is 355 g/mol. The maximum Gasteiger partial charge on any atom is 0.336 e. The van der Waals surface area contributed by atoms with E-state index in [-0.39, 0.29) is 5.63 Å². The Morgan fingerprint density at radius 3 is 2.88 bits per heavy atom. The monoisotopic (exact) mass is 355 g/mol. The molecule has 0 N–H and O–H groups in total. The quantitative estimate of drug-likeness (QED) is 0.375. The number of rotatable bonds is 6. The molecule has 0 atom stereocenters. The summed E-state index contributed by atoms with van der Waals surface area (Å²) in [4.78, 5) is 11.9. The van der Waals surface area contributed by atoms with E-state index in [1.54, 1.807) is 30.2 Å². The molecule has 0 saturated heterocycles. The lowest BCUT2D eigenvalue weighted by Crippen LogP contribution is -2.02. The molecular weight excluding hydrogens is 334 g/mol. The van der Waals surface area contributed by atoms with Gasteiger partial charge in [0.15, 0.2) is 5.16 Å². The molecule has 130 valence electrons. The molecule has 5 nitrogen and oxygen atoms in total. The fourth-order valence-corrected chi connectivity index (χ4v) is 3.81. The topological polar surface area (TPSA) is 60.9 Å². The minimum atomic E-state index is -0.327. The number of allylic oxidation sites excluding steroid dienone is 1. The Bertz CT molecular complexity index is 972. The van der Waals surface area contributed by atoms with E-state index in [1.807, 2.05) is 17.6 Å². The van der Waals surface area contributed by atoms with Gasteiger partial charge in [-0.3, -0.25) is 0 Å². The summed E-state index contributed by atoms with van der Waals surface area (Å²) >= 11 is 1.55. The Labute approximate surface area is 150 Å². The van der Waals surface area contributed by atoms with E-state index in [1.165, 1.54) is 5.56 Å². The lowest BCUT2D eigenvalue weighted by Gasteiger charge is -2.13. The van der Waals surface area contributed by atoms with Crippen molar-refractivity contribution in [2.45, 2.75) is 44.1 Å². The van der Waals surface area contributed by atoms with Crippen LogP contribution in [-0.2, 0) is 12.3 Å². The van der Waals surface area contributed by atoms with Gasteiger partial charge in [0, 0.05) is 23.8 Å². The van der Waals surface area contributed by atoms with Crippen LogP contribution in [0.5, 0.6) is 0 Å². The lowest BCUT2D eigenvalue weighted by atomic mass is 9.95. The number of benzene rings is 1. The molecule has 0 saturated carbocycles. The minimum Gasteiger partial charge on any atom is -0.423 e. The van der Waals surface area contributed by atoms with E-state index in [0.29, 0.717) is 23.8 Å². The highest BCUT2D eigenvalue weighted by Gasteiger charge is 2.13. The van der Waals surface area contributed by atoms with Crippen molar-refractivity contribution in [2.24, 2.45) is 0 Å². The molecule has 0 bridgehead atoms. The summed E-state index contributed by atoms with van der Waals surface area (Å²) in [6.45, 7) is 10.8. The first-order valence-corrected chi connectivity index (χ1v) is 9.17.